The molecule has 1 heterocycles. The summed E-state index contributed by atoms with van der Waals surface area (Å²) in [5.74, 6) is 0. The molecule has 0 unspecified atom stereocenters. The zero-order valence-electron chi connectivity index (χ0n) is 8.95. The van der Waals surface area contributed by atoms with Crippen LogP contribution in [-0.2, 0) is 6.42 Å². The number of rotatable bonds is 2. The molecule has 2 aromatic rings. The van der Waals surface area contributed by atoms with E-state index in [0.717, 1.165) is 17.8 Å². The van der Waals surface area contributed by atoms with Crippen LogP contribution >= 0.6 is 0 Å². The van der Waals surface area contributed by atoms with Crippen LogP contribution in [0.4, 0.5) is 0 Å². The van der Waals surface area contributed by atoms with Crippen LogP contribution in [0.1, 0.15) is 18.2 Å². The quantitative estimate of drug-likeness (QED) is 0.795. The first-order chi connectivity index (χ1) is 7.20. The van der Waals surface area contributed by atoms with Crippen molar-refractivity contribution in [3.63, 3.8) is 0 Å². The lowest BCUT2D eigenvalue weighted by atomic mass is 10.2. The highest BCUT2D eigenvalue weighted by atomic mass is 16.1. The fourth-order valence-corrected chi connectivity index (χ4v) is 1.51. The second-order valence-corrected chi connectivity index (χ2v) is 3.64. The normalized spacial score (nSPS) is 10.5. The zero-order valence-corrected chi connectivity index (χ0v) is 8.95. The van der Waals surface area contributed by atoms with Crippen LogP contribution in [0.5, 0.6) is 0 Å². The fourth-order valence-electron chi connectivity index (χ4n) is 1.51. The maximum absolute atomic E-state index is 11.6. The molecule has 0 amide bonds. The molecule has 0 saturated carbocycles. The molecule has 0 saturated heterocycles. The number of aromatic nitrogens is 2. The van der Waals surface area contributed by atoms with Crippen molar-refractivity contribution in [2.24, 2.45) is 0 Å². The Labute approximate surface area is 88.4 Å². The van der Waals surface area contributed by atoms with Gasteiger partial charge in [-0.25, -0.2) is 4.68 Å². The minimum absolute atomic E-state index is 0.00398. The van der Waals surface area contributed by atoms with E-state index < -0.39 is 0 Å². The number of hydrogen-bond donors (Lipinski definition) is 1. The second-order valence-electron chi connectivity index (χ2n) is 3.64. The van der Waals surface area contributed by atoms with Crippen molar-refractivity contribution < 1.29 is 0 Å². The average Bonchev–Trinajstić information content (AvgIpc) is 2.61. The number of benzene rings is 1. The van der Waals surface area contributed by atoms with Crippen LogP contribution in [0.3, 0.4) is 0 Å². The molecule has 78 valence electrons. The van der Waals surface area contributed by atoms with Crippen LogP contribution in [-0.4, -0.2) is 9.78 Å². The van der Waals surface area contributed by atoms with Crippen molar-refractivity contribution in [2.45, 2.75) is 20.3 Å². The largest absolute Gasteiger partial charge is 0.295 e. The molecule has 3 heteroatoms. The minimum Gasteiger partial charge on any atom is -0.295 e. The Balaban J connectivity index is 2.49. The van der Waals surface area contributed by atoms with E-state index in [4.69, 9.17) is 0 Å². The van der Waals surface area contributed by atoms with Gasteiger partial charge in [-0.05, 0) is 25.5 Å². The summed E-state index contributed by atoms with van der Waals surface area (Å²) in [5.41, 5.74) is 3.02. The summed E-state index contributed by atoms with van der Waals surface area (Å²) < 4.78 is 1.57. The maximum Gasteiger partial charge on any atom is 0.271 e. The van der Waals surface area contributed by atoms with Gasteiger partial charge in [-0.2, -0.15) is 0 Å². The lowest BCUT2D eigenvalue weighted by Gasteiger charge is -2.01. The number of hydrogen-bond acceptors (Lipinski definition) is 1. The van der Waals surface area contributed by atoms with Crippen LogP contribution in [0.25, 0.3) is 5.69 Å². The number of H-pyrrole nitrogens is 1. The van der Waals surface area contributed by atoms with Gasteiger partial charge in [-0.15, -0.1) is 0 Å². The molecule has 0 atom stereocenters. The van der Waals surface area contributed by atoms with Gasteiger partial charge >= 0.3 is 0 Å². The summed E-state index contributed by atoms with van der Waals surface area (Å²) in [5, 5.41) is 3.07. The van der Waals surface area contributed by atoms with E-state index in [9.17, 15) is 4.79 Å². The fraction of sp³-hybridized carbons (Fsp3) is 0.250. The Hall–Kier alpha value is -1.77. The van der Waals surface area contributed by atoms with Gasteiger partial charge < -0.3 is 0 Å². The maximum atomic E-state index is 11.6. The molecule has 0 spiro atoms. The number of aromatic amines is 1. The molecule has 2 rings (SSSR count). The molecule has 0 aliphatic heterocycles. The van der Waals surface area contributed by atoms with Gasteiger partial charge in [0.05, 0.1) is 5.69 Å². The smallest absolute Gasteiger partial charge is 0.271 e. The van der Waals surface area contributed by atoms with Crippen LogP contribution in [0.15, 0.2) is 35.1 Å². The van der Waals surface area contributed by atoms with Gasteiger partial charge in [-0.3, -0.25) is 9.89 Å². The monoisotopic (exact) mass is 202 g/mol. The number of aryl methyl sites for hydroxylation is 2. The van der Waals surface area contributed by atoms with E-state index in [-0.39, 0.29) is 5.56 Å². The molecule has 1 N–H and O–H groups in total. The van der Waals surface area contributed by atoms with E-state index in [1.807, 2.05) is 38.1 Å². The van der Waals surface area contributed by atoms with Gasteiger partial charge in [-0.1, -0.05) is 24.6 Å². The van der Waals surface area contributed by atoms with E-state index in [1.54, 1.807) is 10.7 Å². The summed E-state index contributed by atoms with van der Waals surface area (Å²) >= 11 is 0. The van der Waals surface area contributed by atoms with Crippen molar-refractivity contribution in [3.8, 4) is 5.69 Å². The van der Waals surface area contributed by atoms with Crippen LogP contribution in [0, 0.1) is 6.92 Å². The Morgan fingerprint density at radius 3 is 2.47 bits per heavy atom. The highest BCUT2D eigenvalue weighted by Crippen LogP contribution is 2.06. The summed E-state index contributed by atoms with van der Waals surface area (Å²) in [6, 6.07) is 9.50. The van der Waals surface area contributed by atoms with Crippen molar-refractivity contribution in [2.75, 3.05) is 0 Å². The predicted molar refractivity (Wildman–Crippen MR) is 60.5 cm³/mol. The van der Waals surface area contributed by atoms with Crippen molar-refractivity contribution >= 4 is 0 Å². The third-order valence-corrected chi connectivity index (χ3v) is 2.45. The molecule has 0 fully saturated rings. The number of nitrogens with one attached hydrogen (secondary N) is 1. The zero-order chi connectivity index (χ0) is 10.8. The SMILES string of the molecule is CCc1cc(=O)n(-c2ccc(C)cc2)[nH]1. The first kappa shape index (κ1) is 9.77. The standard InChI is InChI=1S/C12H14N2O/c1-3-10-8-12(15)14(13-10)11-6-4-9(2)5-7-11/h4-8,13H,3H2,1-2H3. The van der Waals surface area contributed by atoms with E-state index in [1.165, 1.54) is 5.56 Å². The highest BCUT2D eigenvalue weighted by molar-refractivity contribution is 5.33. The van der Waals surface area contributed by atoms with Crippen molar-refractivity contribution in [1.29, 1.82) is 0 Å². The van der Waals surface area contributed by atoms with E-state index in [2.05, 4.69) is 5.10 Å². The van der Waals surface area contributed by atoms with Gasteiger partial charge in [0.15, 0.2) is 0 Å². The minimum atomic E-state index is -0.00398. The van der Waals surface area contributed by atoms with Crippen molar-refractivity contribution in [3.05, 3.63) is 51.9 Å². The van der Waals surface area contributed by atoms with Gasteiger partial charge in [0.1, 0.15) is 0 Å². The lowest BCUT2D eigenvalue weighted by Crippen LogP contribution is -2.13. The van der Waals surface area contributed by atoms with Gasteiger partial charge in [0.25, 0.3) is 5.56 Å². The molecule has 15 heavy (non-hydrogen) atoms. The summed E-state index contributed by atoms with van der Waals surface area (Å²) in [6.45, 7) is 4.05. The third-order valence-electron chi connectivity index (χ3n) is 2.45. The van der Waals surface area contributed by atoms with Crippen LogP contribution in [0.2, 0.25) is 0 Å². The summed E-state index contributed by atoms with van der Waals surface area (Å²) in [4.78, 5) is 11.6. The Morgan fingerprint density at radius 1 is 1.27 bits per heavy atom. The van der Waals surface area contributed by atoms with Crippen LogP contribution < -0.4 is 5.56 Å². The summed E-state index contributed by atoms with van der Waals surface area (Å²) in [6.07, 6.45) is 0.841. The molecular formula is C12H14N2O. The Morgan fingerprint density at radius 2 is 1.93 bits per heavy atom. The molecule has 0 aliphatic rings. The highest BCUT2D eigenvalue weighted by Gasteiger charge is 2.02. The van der Waals surface area contributed by atoms with E-state index in [0.29, 0.717) is 0 Å². The molecule has 0 aliphatic carbocycles. The molecule has 0 bridgehead atoms. The third kappa shape index (κ3) is 1.86. The number of nitrogens with zero attached hydrogens (tertiary/aromatic N) is 1. The topological polar surface area (TPSA) is 37.8 Å². The molecule has 1 aromatic heterocycles. The first-order valence-corrected chi connectivity index (χ1v) is 5.08. The molecule has 0 radical (unpaired) electrons. The molecule has 3 nitrogen and oxygen atoms in total. The summed E-state index contributed by atoms with van der Waals surface area (Å²) in [7, 11) is 0. The second kappa shape index (κ2) is 3.77. The average molecular weight is 202 g/mol. The Bertz CT molecular complexity index is 505. The van der Waals surface area contributed by atoms with Gasteiger partial charge in [0, 0.05) is 11.8 Å². The first-order valence-electron chi connectivity index (χ1n) is 5.08. The van der Waals surface area contributed by atoms with E-state index >= 15 is 0 Å². The van der Waals surface area contributed by atoms with Gasteiger partial charge in [0.2, 0.25) is 0 Å². The lowest BCUT2D eigenvalue weighted by molar-refractivity contribution is 0.819. The van der Waals surface area contributed by atoms with Crippen molar-refractivity contribution in [1.82, 2.24) is 9.78 Å². The molecular weight excluding hydrogens is 188 g/mol. The molecule has 1 aromatic carbocycles. The predicted octanol–water partition coefficient (Wildman–Crippen LogP) is 2.04. The Kier molecular flexibility index (Phi) is 2.46.